The van der Waals surface area contributed by atoms with E-state index in [0.717, 1.165) is 27.6 Å². The Morgan fingerprint density at radius 2 is 1.81 bits per heavy atom. The van der Waals surface area contributed by atoms with E-state index in [9.17, 15) is 4.79 Å². The van der Waals surface area contributed by atoms with Gasteiger partial charge in [0.15, 0.2) is 0 Å². The zero-order chi connectivity index (χ0) is 14.8. The molecule has 0 bridgehead atoms. The van der Waals surface area contributed by atoms with Gasteiger partial charge in [0.05, 0.1) is 17.1 Å². The van der Waals surface area contributed by atoms with Crippen LogP contribution < -0.4 is 11.0 Å². The van der Waals surface area contributed by atoms with Crippen LogP contribution in [0, 0.1) is 0 Å². The zero-order valence-corrected chi connectivity index (χ0v) is 13.2. The molecule has 3 aromatic rings. The minimum atomic E-state index is -0.179. The lowest BCUT2D eigenvalue weighted by Crippen LogP contribution is -2.09. The number of benzene rings is 2. The quantitative estimate of drug-likeness (QED) is 0.664. The number of imidazole rings is 1. The average Bonchev–Trinajstić information content (AvgIpc) is 2.85. The van der Waals surface area contributed by atoms with Crippen LogP contribution in [0.4, 0.5) is 5.69 Å². The molecule has 5 heteroatoms. The van der Waals surface area contributed by atoms with Crippen molar-refractivity contribution in [2.24, 2.45) is 0 Å². The molecule has 0 aliphatic carbocycles. The van der Waals surface area contributed by atoms with Crippen LogP contribution in [-0.2, 0) is 0 Å². The zero-order valence-electron chi connectivity index (χ0n) is 11.6. The van der Waals surface area contributed by atoms with Gasteiger partial charge in [0.25, 0.3) is 0 Å². The number of aromatic nitrogens is 2. The van der Waals surface area contributed by atoms with E-state index in [2.05, 4.69) is 50.3 Å². The molecule has 0 spiro atoms. The van der Waals surface area contributed by atoms with Gasteiger partial charge in [-0.3, -0.25) is 0 Å². The molecule has 0 saturated carbocycles. The monoisotopic (exact) mass is 345 g/mol. The van der Waals surface area contributed by atoms with Crippen LogP contribution in [0.25, 0.3) is 11.0 Å². The predicted octanol–water partition coefficient (Wildman–Crippen LogP) is 4.18. The Morgan fingerprint density at radius 1 is 1.10 bits per heavy atom. The molecule has 21 heavy (non-hydrogen) atoms. The minimum Gasteiger partial charge on any atom is -0.378 e. The number of H-pyrrole nitrogens is 2. The largest absolute Gasteiger partial charge is 0.378 e. The molecule has 1 unspecified atom stereocenters. The molecule has 0 radical (unpaired) electrons. The first-order valence-electron chi connectivity index (χ1n) is 6.90. The lowest BCUT2D eigenvalue weighted by atomic mass is 10.0. The number of hydrogen-bond donors (Lipinski definition) is 3. The normalized spacial score (nSPS) is 12.5. The number of rotatable bonds is 4. The van der Waals surface area contributed by atoms with Crippen LogP contribution in [0.2, 0.25) is 0 Å². The molecule has 3 rings (SSSR count). The van der Waals surface area contributed by atoms with Crippen LogP contribution in [0.3, 0.4) is 0 Å². The van der Waals surface area contributed by atoms with E-state index < -0.39 is 0 Å². The fourth-order valence-corrected chi connectivity index (χ4v) is 2.70. The summed E-state index contributed by atoms with van der Waals surface area (Å²) in [6, 6.07) is 14.4. The van der Waals surface area contributed by atoms with Crippen molar-refractivity contribution in [3.63, 3.8) is 0 Å². The smallest absolute Gasteiger partial charge is 0.323 e. The third-order valence-electron chi connectivity index (χ3n) is 3.54. The molecule has 0 amide bonds. The molecule has 0 aliphatic rings. The number of halogens is 1. The molecule has 2 aromatic carbocycles. The summed E-state index contributed by atoms with van der Waals surface area (Å²) in [7, 11) is 0. The highest BCUT2D eigenvalue weighted by atomic mass is 79.9. The highest BCUT2D eigenvalue weighted by Crippen LogP contribution is 2.25. The SMILES string of the molecule is CCC(Nc1ccc2[nH]c(=O)[nH]c2c1)c1ccc(Br)cc1. The maximum atomic E-state index is 11.3. The Labute approximate surface area is 130 Å². The molecule has 0 aliphatic heterocycles. The molecule has 0 fully saturated rings. The van der Waals surface area contributed by atoms with E-state index >= 15 is 0 Å². The maximum Gasteiger partial charge on any atom is 0.323 e. The molecule has 1 aromatic heterocycles. The van der Waals surface area contributed by atoms with E-state index in [1.807, 2.05) is 30.3 Å². The number of anilines is 1. The summed E-state index contributed by atoms with van der Waals surface area (Å²) in [4.78, 5) is 16.8. The van der Waals surface area contributed by atoms with Crippen LogP contribution in [0.1, 0.15) is 24.9 Å². The number of fused-ring (bicyclic) bond motifs is 1. The molecule has 1 atom stereocenters. The summed E-state index contributed by atoms with van der Waals surface area (Å²) in [6.45, 7) is 2.15. The fourth-order valence-electron chi connectivity index (χ4n) is 2.44. The summed E-state index contributed by atoms with van der Waals surface area (Å²) >= 11 is 3.46. The van der Waals surface area contributed by atoms with E-state index in [1.54, 1.807) is 0 Å². The van der Waals surface area contributed by atoms with Crippen molar-refractivity contribution in [3.05, 3.63) is 63.0 Å². The van der Waals surface area contributed by atoms with Gasteiger partial charge in [-0.25, -0.2) is 4.79 Å². The third-order valence-corrected chi connectivity index (χ3v) is 4.07. The molecule has 0 saturated heterocycles. The van der Waals surface area contributed by atoms with E-state index in [-0.39, 0.29) is 11.7 Å². The molecule has 1 heterocycles. The topological polar surface area (TPSA) is 60.7 Å². The third kappa shape index (κ3) is 3.03. The second-order valence-corrected chi connectivity index (χ2v) is 5.91. The van der Waals surface area contributed by atoms with Crippen LogP contribution in [0.5, 0.6) is 0 Å². The first kappa shape index (κ1) is 13.9. The van der Waals surface area contributed by atoms with Gasteiger partial charge in [0, 0.05) is 10.2 Å². The summed E-state index contributed by atoms with van der Waals surface area (Å²) < 4.78 is 1.08. The van der Waals surface area contributed by atoms with Crippen molar-refractivity contribution in [1.29, 1.82) is 0 Å². The van der Waals surface area contributed by atoms with Crippen LogP contribution >= 0.6 is 15.9 Å². The molecule has 4 nitrogen and oxygen atoms in total. The minimum absolute atomic E-state index is 0.179. The Balaban J connectivity index is 1.87. The number of hydrogen-bond acceptors (Lipinski definition) is 2. The van der Waals surface area contributed by atoms with E-state index in [1.165, 1.54) is 5.56 Å². The van der Waals surface area contributed by atoms with Crippen LogP contribution in [0.15, 0.2) is 51.7 Å². The van der Waals surface area contributed by atoms with Gasteiger partial charge in [-0.1, -0.05) is 35.0 Å². The highest BCUT2D eigenvalue weighted by molar-refractivity contribution is 9.10. The first-order valence-corrected chi connectivity index (χ1v) is 7.69. The van der Waals surface area contributed by atoms with E-state index in [4.69, 9.17) is 0 Å². The molecule has 108 valence electrons. The average molecular weight is 346 g/mol. The second kappa shape index (κ2) is 5.77. The van der Waals surface area contributed by atoms with Crippen molar-refractivity contribution in [1.82, 2.24) is 9.97 Å². The van der Waals surface area contributed by atoms with Gasteiger partial charge in [0.2, 0.25) is 0 Å². The summed E-state index contributed by atoms with van der Waals surface area (Å²) in [5.74, 6) is 0. The van der Waals surface area contributed by atoms with Gasteiger partial charge >= 0.3 is 5.69 Å². The van der Waals surface area contributed by atoms with Crippen LogP contribution in [-0.4, -0.2) is 9.97 Å². The summed E-state index contributed by atoms with van der Waals surface area (Å²) in [5, 5.41) is 3.51. The first-order chi connectivity index (χ1) is 10.2. The summed E-state index contributed by atoms with van der Waals surface area (Å²) in [6.07, 6.45) is 0.976. The van der Waals surface area contributed by atoms with E-state index in [0.29, 0.717) is 0 Å². The summed E-state index contributed by atoms with van der Waals surface area (Å²) in [5.41, 5.74) is 3.69. The molecular formula is C16H16BrN3O. The van der Waals surface area contributed by atoms with Crippen molar-refractivity contribution in [2.75, 3.05) is 5.32 Å². The number of nitrogens with one attached hydrogen (secondary N) is 3. The van der Waals surface area contributed by atoms with Crippen molar-refractivity contribution < 1.29 is 0 Å². The second-order valence-electron chi connectivity index (χ2n) is 5.00. The highest BCUT2D eigenvalue weighted by Gasteiger charge is 2.09. The Hall–Kier alpha value is -2.01. The van der Waals surface area contributed by atoms with Gasteiger partial charge in [-0.05, 0) is 42.3 Å². The fraction of sp³-hybridized carbons (Fsp3) is 0.188. The van der Waals surface area contributed by atoms with Gasteiger partial charge in [0.1, 0.15) is 0 Å². The van der Waals surface area contributed by atoms with Gasteiger partial charge in [-0.2, -0.15) is 0 Å². The van der Waals surface area contributed by atoms with Gasteiger partial charge in [-0.15, -0.1) is 0 Å². The Kier molecular flexibility index (Phi) is 3.84. The lowest BCUT2D eigenvalue weighted by Gasteiger charge is -2.19. The van der Waals surface area contributed by atoms with Crippen molar-refractivity contribution in [3.8, 4) is 0 Å². The van der Waals surface area contributed by atoms with Crippen molar-refractivity contribution >= 4 is 32.7 Å². The lowest BCUT2D eigenvalue weighted by molar-refractivity contribution is 0.749. The molecular weight excluding hydrogens is 330 g/mol. The Morgan fingerprint density at radius 3 is 2.52 bits per heavy atom. The standard InChI is InChI=1S/C16H16BrN3O/c1-2-13(10-3-5-11(17)6-4-10)18-12-7-8-14-15(9-12)20-16(21)19-14/h3-9,13,18H,2H2,1H3,(H2,19,20,21). The maximum absolute atomic E-state index is 11.3. The predicted molar refractivity (Wildman–Crippen MR) is 89.7 cm³/mol. The Bertz CT molecular complexity index is 804. The van der Waals surface area contributed by atoms with Gasteiger partial charge < -0.3 is 15.3 Å². The molecule has 3 N–H and O–H groups in total. The van der Waals surface area contributed by atoms with Crippen molar-refractivity contribution in [2.45, 2.75) is 19.4 Å². The number of aromatic amines is 2.